The minimum atomic E-state index is -1.14. The van der Waals surface area contributed by atoms with Crippen LogP contribution in [-0.4, -0.2) is 28.5 Å². The van der Waals surface area contributed by atoms with Gasteiger partial charge in [0.25, 0.3) is 0 Å². The Morgan fingerprint density at radius 1 is 1.47 bits per heavy atom. The first-order valence-corrected chi connectivity index (χ1v) is 6.47. The predicted octanol–water partition coefficient (Wildman–Crippen LogP) is 2.41. The molecule has 0 radical (unpaired) electrons. The Morgan fingerprint density at radius 2 is 2.24 bits per heavy atom. The molecule has 3 nitrogen and oxygen atoms in total. The number of rotatable bonds is 2. The lowest BCUT2D eigenvalue weighted by molar-refractivity contribution is 0.144. The Bertz CT molecular complexity index is 395. The van der Waals surface area contributed by atoms with E-state index >= 15 is 0 Å². The first-order valence-electron chi connectivity index (χ1n) is 6.09. The third-order valence-electron chi connectivity index (χ3n) is 3.49. The third kappa shape index (κ3) is 2.80. The van der Waals surface area contributed by atoms with E-state index in [9.17, 15) is 4.39 Å². The lowest BCUT2D eigenvalue weighted by Gasteiger charge is -2.23. The van der Waals surface area contributed by atoms with Crippen LogP contribution in [0.4, 0.5) is 4.39 Å². The zero-order chi connectivity index (χ0) is 12.5. The highest BCUT2D eigenvalue weighted by atomic mass is 35.5. The normalized spacial score (nSPS) is 25.9. The van der Waals surface area contributed by atoms with Gasteiger partial charge in [-0.25, -0.2) is 4.39 Å². The van der Waals surface area contributed by atoms with Crippen LogP contribution in [0, 0.1) is 6.92 Å². The number of hydrogen-bond acceptors (Lipinski definition) is 2. The van der Waals surface area contributed by atoms with Gasteiger partial charge in [-0.3, -0.25) is 4.68 Å². The average molecular weight is 260 g/mol. The van der Waals surface area contributed by atoms with E-state index in [2.05, 4.69) is 10.4 Å². The maximum absolute atomic E-state index is 14.8. The van der Waals surface area contributed by atoms with Crippen molar-refractivity contribution in [3.8, 4) is 0 Å². The van der Waals surface area contributed by atoms with Crippen molar-refractivity contribution in [2.24, 2.45) is 7.05 Å². The van der Waals surface area contributed by atoms with Crippen LogP contribution in [0.3, 0.4) is 0 Å². The van der Waals surface area contributed by atoms with Gasteiger partial charge >= 0.3 is 0 Å². The van der Waals surface area contributed by atoms with Crippen LogP contribution in [0.5, 0.6) is 0 Å². The van der Waals surface area contributed by atoms with Crippen molar-refractivity contribution >= 4 is 11.6 Å². The minimum Gasteiger partial charge on any atom is -0.317 e. The summed E-state index contributed by atoms with van der Waals surface area (Å²) in [5.74, 6) is 0. The van der Waals surface area contributed by atoms with E-state index < -0.39 is 5.67 Å². The van der Waals surface area contributed by atoms with Crippen LogP contribution < -0.4 is 5.32 Å². The van der Waals surface area contributed by atoms with Crippen molar-refractivity contribution in [2.45, 2.75) is 38.3 Å². The van der Waals surface area contributed by atoms with Gasteiger partial charge in [0, 0.05) is 19.0 Å². The summed E-state index contributed by atoms with van der Waals surface area (Å²) < 4.78 is 16.4. The van der Waals surface area contributed by atoms with E-state index in [1.807, 2.05) is 6.92 Å². The summed E-state index contributed by atoms with van der Waals surface area (Å²) in [6.07, 6.45) is 2.42. The van der Waals surface area contributed by atoms with Crippen molar-refractivity contribution in [1.82, 2.24) is 15.1 Å². The van der Waals surface area contributed by atoms with Crippen molar-refractivity contribution in [2.75, 3.05) is 13.1 Å². The van der Waals surface area contributed by atoms with Crippen LogP contribution in [0.2, 0.25) is 5.15 Å². The molecule has 1 aromatic rings. The molecular weight excluding hydrogens is 241 g/mol. The van der Waals surface area contributed by atoms with Crippen LogP contribution >= 0.6 is 11.6 Å². The predicted molar refractivity (Wildman–Crippen MR) is 67.2 cm³/mol. The molecular formula is C12H19ClFN3. The van der Waals surface area contributed by atoms with Gasteiger partial charge in [-0.05, 0) is 39.3 Å². The van der Waals surface area contributed by atoms with Crippen LogP contribution in [0.15, 0.2) is 0 Å². The molecule has 0 aliphatic carbocycles. The Balaban J connectivity index is 2.18. The lowest BCUT2D eigenvalue weighted by atomic mass is 9.90. The molecule has 5 heteroatoms. The summed E-state index contributed by atoms with van der Waals surface area (Å²) in [6.45, 7) is 3.54. The standard InChI is InChI=1S/C12H19ClFN3/c1-9-10(11(13)17(2)16-9)8-12(14)4-3-6-15-7-5-12/h15H,3-8H2,1-2H3. The summed E-state index contributed by atoms with van der Waals surface area (Å²) in [7, 11) is 1.79. The quantitative estimate of drug-likeness (QED) is 0.884. The molecule has 1 aliphatic rings. The monoisotopic (exact) mass is 259 g/mol. The molecule has 0 amide bonds. The zero-order valence-corrected chi connectivity index (χ0v) is 11.1. The molecule has 0 spiro atoms. The zero-order valence-electron chi connectivity index (χ0n) is 10.4. The van der Waals surface area contributed by atoms with Gasteiger partial charge in [0.1, 0.15) is 10.8 Å². The van der Waals surface area contributed by atoms with Gasteiger partial charge in [-0.2, -0.15) is 5.10 Å². The maximum Gasteiger partial charge on any atom is 0.130 e. The smallest absolute Gasteiger partial charge is 0.130 e. The average Bonchev–Trinajstić information content (AvgIpc) is 2.48. The van der Waals surface area contributed by atoms with Crippen molar-refractivity contribution in [3.63, 3.8) is 0 Å². The fraction of sp³-hybridized carbons (Fsp3) is 0.750. The fourth-order valence-electron chi connectivity index (χ4n) is 2.46. The van der Waals surface area contributed by atoms with E-state index in [0.29, 0.717) is 24.4 Å². The van der Waals surface area contributed by atoms with E-state index in [1.165, 1.54) is 0 Å². The largest absolute Gasteiger partial charge is 0.317 e. The van der Waals surface area contributed by atoms with Crippen molar-refractivity contribution in [1.29, 1.82) is 0 Å². The number of hydrogen-bond donors (Lipinski definition) is 1. The Labute approximate surface area is 106 Å². The molecule has 1 aromatic heterocycles. The molecule has 2 heterocycles. The van der Waals surface area contributed by atoms with Gasteiger partial charge in [0.05, 0.1) is 5.69 Å². The van der Waals surface area contributed by atoms with Crippen LogP contribution in [0.25, 0.3) is 0 Å². The molecule has 1 N–H and O–H groups in total. The number of aryl methyl sites for hydroxylation is 2. The SMILES string of the molecule is Cc1nn(C)c(Cl)c1CC1(F)CCCNCC1. The molecule has 0 aromatic carbocycles. The number of nitrogens with one attached hydrogen (secondary N) is 1. The summed E-state index contributed by atoms with van der Waals surface area (Å²) >= 11 is 6.15. The number of alkyl halides is 1. The second-order valence-corrected chi connectivity index (χ2v) is 5.27. The second kappa shape index (κ2) is 4.94. The van der Waals surface area contributed by atoms with E-state index in [0.717, 1.165) is 30.8 Å². The highest BCUT2D eigenvalue weighted by Gasteiger charge is 2.32. The molecule has 17 heavy (non-hydrogen) atoms. The number of nitrogens with zero attached hydrogens (tertiary/aromatic N) is 2. The molecule has 1 saturated heterocycles. The Morgan fingerprint density at radius 3 is 2.88 bits per heavy atom. The molecule has 1 fully saturated rings. The first-order chi connectivity index (χ1) is 8.02. The van der Waals surface area contributed by atoms with Crippen LogP contribution in [-0.2, 0) is 13.5 Å². The molecule has 0 saturated carbocycles. The molecule has 1 atom stereocenters. The van der Waals surface area contributed by atoms with Gasteiger partial charge in [-0.15, -0.1) is 0 Å². The summed E-state index contributed by atoms with van der Waals surface area (Å²) in [6, 6.07) is 0. The van der Waals surface area contributed by atoms with Crippen LogP contribution in [0.1, 0.15) is 30.5 Å². The van der Waals surface area contributed by atoms with Gasteiger partial charge < -0.3 is 5.32 Å². The lowest BCUT2D eigenvalue weighted by Crippen LogP contribution is -2.27. The highest BCUT2D eigenvalue weighted by molar-refractivity contribution is 6.30. The number of aromatic nitrogens is 2. The Hall–Kier alpha value is -0.610. The molecule has 96 valence electrons. The summed E-state index contributed by atoms with van der Waals surface area (Å²) in [5.41, 5.74) is 0.561. The van der Waals surface area contributed by atoms with Gasteiger partial charge in [0.2, 0.25) is 0 Å². The van der Waals surface area contributed by atoms with E-state index in [4.69, 9.17) is 11.6 Å². The second-order valence-electron chi connectivity index (χ2n) is 4.91. The minimum absolute atomic E-state index is 0.382. The van der Waals surface area contributed by atoms with Crippen molar-refractivity contribution in [3.05, 3.63) is 16.4 Å². The number of halogens is 2. The van der Waals surface area contributed by atoms with E-state index in [1.54, 1.807) is 11.7 Å². The summed E-state index contributed by atoms with van der Waals surface area (Å²) in [4.78, 5) is 0. The third-order valence-corrected chi connectivity index (χ3v) is 3.96. The Kier molecular flexibility index (Phi) is 3.73. The fourth-order valence-corrected chi connectivity index (χ4v) is 2.70. The summed E-state index contributed by atoms with van der Waals surface area (Å²) in [5, 5.41) is 8.03. The molecule has 0 bridgehead atoms. The first kappa shape index (κ1) is 12.8. The molecule has 2 rings (SSSR count). The van der Waals surface area contributed by atoms with Gasteiger partial charge in [0.15, 0.2) is 0 Å². The van der Waals surface area contributed by atoms with Crippen molar-refractivity contribution < 1.29 is 4.39 Å². The topological polar surface area (TPSA) is 29.9 Å². The van der Waals surface area contributed by atoms with Gasteiger partial charge in [-0.1, -0.05) is 11.6 Å². The maximum atomic E-state index is 14.8. The molecule has 1 unspecified atom stereocenters. The van der Waals surface area contributed by atoms with E-state index in [-0.39, 0.29) is 0 Å². The highest BCUT2D eigenvalue weighted by Crippen LogP contribution is 2.32. The molecule has 1 aliphatic heterocycles.